The number of pyridine rings is 1. The maximum absolute atomic E-state index is 13.9. The number of alkyl halides is 3. The number of carbonyl (C=O) groups is 1. The average molecular weight is 568 g/mol. The van der Waals surface area contributed by atoms with E-state index in [-0.39, 0.29) is 22.8 Å². The summed E-state index contributed by atoms with van der Waals surface area (Å²) in [6.07, 6.45) is 0.999. The molecule has 40 heavy (non-hydrogen) atoms. The van der Waals surface area contributed by atoms with E-state index in [9.17, 15) is 22.4 Å². The standard InChI is InChI=1S/C29H22ClF4N5O/c30-27-13-19(7-9-36-27)16-37-28(40)39-25-8-11-38(10-1-2-18-3-4-20(15-35)24(31)12-18)17-23(25)22-6-5-21(14-26(22)39)29(32,33)34/h1-7,9,12-14H,8,10-11,16-17H2,(H,37,40)/b2-1+. The van der Waals surface area contributed by atoms with Gasteiger partial charge in [-0.3, -0.25) is 9.47 Å². The third-order valence-electron chi connectivity index (χ3n) is 6.78. The molecule has 1 aliphatic heterocycles. The van der Waals surface area contributed by atoms with Gasteiger partial charge in [-0.1, -0.05) is 35.9 Å². The Balaban J connectivity index is 1.41. The molecular weight excluding hydrogens is 546 g/mol. The maximum atomic E-state index is 13.9. The fourth-order valence-electron chi connectivity index (χ4n) is 4.85. The molecule has 1 amide bonds. The van der Waals surface area contributed by atoms with E-state index in [2.05, 4.69) is 15.2 Å². The van der Waals surface area contributed by atoms with Crippen molar-refractivity contribution < 1.29 is 22.4 Å². The van der Waals surface area contributed by atoms with Gasteiger partial charge in [-0.05, 0) is 53.1 Å². The molecule has 204 valence electrons. The molecule has 3 heterocycles. The molecule has 2 aromatic heterocycles. The van der Waals surface area contributed by atoms with Crippen LogP contribution in [-0.2, 0) is 25.7 Å². The van der Waals surface area contributed by atoms with E-state index in [0.29, 0.717) is 48.3 Å². The van der Waals surface area contributed by atoms with E-state index in [1.165, 1.54) is 29.0 Å². The molecule has 0 unspecified atom stereocenters. The van der Waals surface area contributed by atoms with Crippen LogP contribution in [-0.4, -0.2) is 33.6 Å². The lowest BCUT2D eigenvalue weighted by atomic mass is 10.0. The summed E-state index contributed by atoms with van der Waals surface area (Å²) < 4.78 is 55.9. The molecule has 0 spiro atoms. The van der Waals surface area contributed by atoms with E-state index in [1.54, 1.807) is 30.3 Å². The van der Waals surface area contributed by atoms with Crippen LogP contribution in [0.4, 0.5) is 22.4 Å². The van der Waals surface area contributed by atoms with Crippen LogP contribution < -0.4 is 5.32 Å². The fourth-order valence-corrected chi connectivity index (χ4v) is 5.05. The summed E-state index contributed by atoms with van der Waals surface area (Å²) in [5, 5.41) is 12.5. The van der Waals surface area contributed by atoms with Gasteiger partial charge in [0.2, 0.25) is 0 Å². The first-order valence-electron chi connectivity index (χ1n) is 12.3. The van der Waals surface area contributed by atoms with Crippen LogP contribution in [0.2, 0.25) is 5.15 Å². The van der Waals surface area contributed by atoms with Crippen LogP contribution in [0.5, 0.6) is 0 Å². The van der Waals surface area contributed by atoms with Gasteiger partial charge in [-0.2, -0.15) is 18.4 Å². The fraction of sp³-hybridized carbons (Fsp3) is 0.207. The molecule has 1 aliphatic rings. The number of fused-ring (bicyclic) bond motifs is 3. The summed E-state index contributed by atoms with van der Waals surface area (Å²) in [5.41, 5.74) is 2.09. The van der Waals surface area contributed by atoms with Crippen LogP contribution >= 0.6 is 11.6 Å². The van der Waals surface area contributed by atoms with E-state index in [1.807, 2.05) is 6.08 Å². The van der Waals surface area contributed by atoms with Gasteiger partial charge in [0, 0.05) is 49.9 Å². The van der Waals surface area contributed by atoms with Gasteiger partial charge >= 0.3 is 12.2 Å². The lowest BCUT2D eigenvalue weighted by molar-refractivity contribution is -0.137. The average Bonchev–Trinajstić information content (AvgIpc) is 3.24. The highest BCUT2D eigenvalue weighted by Gasteiger charge is 2.33. The number of halogens is 5. The van der Waals surface area contributed by atoms with Gasteiger partial charge in [0.05, 0.1) is 16.6 Å². The third-order valence-corrected chi connectivity index (χ3v) is 6.99. The van der Waals surface area contributed by atoms with Crippen molar-refractivity contribution >= 4 is 34.6 Å². The summed E-state index contributed by atoms with van der Waals surface area (Å²) in [6, 6.07) is 12.4. The van der Waals surface area contributed by atoms with E-state index >= 15 is 0 Å². The molecule has 5 rings (SSSR count). The Labute approximate surface area is 232 Å². The molecule has 0 saturated carbocycles. The van der Waals surface area contributed by atoms with Crippen molar-refractivity contribution in [2.45, 2.75) is 25.7 Å². The van der Waals surface area contributed by atoms with E-state index in [0.717, 1.165) is 17.7 Å². The van der Waals surface area contributed by atoms with Gasteiger partial charge in [0.15, 0.2) is 0 Å². The monoisotopic (exact) mass is 567 g/mol. The number of amides is 1. The number of aromatic nitrogens is 2. The summed E-state index contributed by atoms with van der Waals surface area (Å²) in [7, 11) is 0. The second-order valence-corrected chi connectivity index (χ2v) is 9.76. The smallest absolute Gasteiger partial charge is 0.333 e. The van der Waals surface area contributed by atoms with Gasteiger partial charge in [-0.15, -0.1) is 0 Å². The van der Waals surface area contributed by atoms with Gasteiger partial charge in [-0.25, -0.2) is 14.2 Å². The van der Waals surface area contributed by atoms with Crippen LogP contribution in [0.1, 0.15) is 33.5 Å². The van der Waals surface area contributed by atoms with Crippen molar-refractivity contribution in [2.75, 3.05) is 13.1 Å². The SMILES string of the molecule is N#Cc1ccc(/C=C/CN2CCc3c(c4ccc(C(F)(F)F)cc4n3C(=O)NCc3ccnc(Cl)c3)C2)cc1F. The predicted molar refractivity (Wildman–Crippen MR) is 143 cm³/mol. The summed E-state index contributed by atoms with van der Waals surface area (Å²) in [5.74, 6) is -0.594. The van der Waals surface area contributed by atoms with Crippen LogP contribution in [0.3, 0.4) is 0 Å². The lowest BCUT2D eigenvalue weighted by Crippen LogP contribution is -2.34. The highest BCUT2D eigenvalue weighted by molar-refractivity contribution is 6.29. The molecule has 0 aliphatic carbocycles. The second kappa shape index (κ2) is 11.1. The first-order chi connectivity index (χ1) is 19.1. The zero-order valence-corrected chi connectivity index (χ0v) is 21.7. The first-order valence-corrected chi connectivity index (χ1v) is 12.7. The van der Waals surface area contributed by atoms with Crippen molar-refractivity contribution in [1.82, 2.24) is 19.8 Å². The molecule has 0 radical (unpaired) electrons. The molecule has 0 fully saturated rings. The van der Waals surface area contributed by atoms with E-state index < -0.39 is 23.6 Å². The number of nitriles is 1. The van der Waals surface area contributed by atoms with Crippen molar-refractivity contribution in [3.05, 3.63) is 105 Å². The molecule has 1 N–H and O–H groups in total. The van der Waals surface area contributed by atoms with Crippen molar-refractivity contribution in [2.24, 2.45) is 0 Å². The molecule has 0 atom stereocenters. The minimum atomic E-state index is -4.56. The number of carbonyl (C=O) groups excluding carboxylic acids is 1. The van der Waals surface area contributed by atoms with E-state index in [4.69, 9.17) is 16.9 Å². The van der Waals surface area contributed by atoms with Gasteiger partial charge in [0.1, 0.15) is 17.0 Å². The Hall–Kier alpha value is -4.20. The molecule has 0 bridgehead atoms. The van der Waals surface area contributed by atoms with Crippen molar-refractivity contribution in [3.8, 4) is 6.07 Å². The Morgan fingerprint density at radius 1 is 1.18 bits per heavy atom. The zero-order valence-electron chi connectivity index (χ0n) is 21.0. The molecule has 6 nitrogen and oxygen atoms in total. The quantitative estimate of drug-likeness (QED) is 0.219. The topological polar surface area (TPSA) is 74.0 Å². The zero-order chi connectivity index (χ0) is 28.4. The van der Waals surface area contributed by atoms with Gasteiger partial charge < -0.3 is 5.32 Å². The van der Waals surface area contributed by atoms with Crippen molar-refractivity contribution in [3.63, 3.8) is 0 Å². The van der Waals surface area contributed by atoms with Crippen LogP contribution in [0.25, 0.3) is 17.0 Å². The number of benzene rings is 2. The Kier molecular flexibility index (Phi) is 7.61. The summed E-state index contributed by atoms with van der Waals surface area (Å²) in [6.45, 7) is 1.61. The van der Waals surface area contributed by atoms with Crippen LogP contribution in [0.15, 0.2) is 60.8 Å². The Bertz CT molecular complexity index is 1670. The molecular formula is C29H22ClF4N5O. The molecule has 0 saturated heterocycles. The number of hydrogen-bond donors (Lipinski definition) is 1. The predicted octanol–water partition coefficient (Wildman–Crippen LogP) is 6.55. The lowest BCUT2D eigenvalue weighted by Gasteiger charge is -2.27. The highest BCUT2D eigenvalue weighted by Crippen LogP contribution is 2.36. The number of hydrogen-bond acceptors (Lipinski definition) is 4. The summed E-state index contributed by atoms with van der Waals surface area (Å²) >= 11 is 5.92. The number of rotatable bonds is 5. The Morgan fingerprint density at radius 2 is 2.00 bits per heavy atom. The molecule has 2 aromatic carbocycles. The highest BCUT2D eigenvalue weighted by atomic mass is 35.5. The number of nitrogens with one attached hydrogen (secondary N) is 1. The Morgan fingerprint density at radius 3 is 2.73 bits per heavy atom. The minimum Gasteiger partial charge on any atom is -0.333 e. The summed E-state index contributed by atoms with van der Waals surface area (Å²) in [4.78, 5) is 19.3. The molecule has 4 aromatic rings. The second-order valence-electron chi connectivity index (χ2n) is 9.37. The largest absolute Gasteiger partial charge is 0.416 e. The van der Waals surface area contributed by atoms with Gasteiger partial charge in [0.25, 0.3) is 0 Å². The first kappa shape index (κ1) is 27.4. The normalized spacial score (nSPS) is 13.9. The maximum Gasteiger partial charge on any atom is 0.416 e. The number of nitrogens with zero attached hydrogens (tertiary/aromatic N) is 4. The minimum absolute atomic E-state index is 0.0283. The third kappa shape index (κ3) is 5.71. The van der Waals surface area contributed by atoms with Crippen molar-refractivity contribution in [1.29, 1.82) is 5.26 Å². The molecule has 11 heteroatoms. The van der Waals surface area contributed by atoms with Crippen LogP contribution in [0, 0.1) is 17.1 Å².